The fourth-order valence-electron chi connectivity index (χ4n) is 10.5. The Morgan fingerprint density at radius 1 is 1.00 bits per heavy atom. The molecule has 7 heteroatoms. The smallest absolute Gasteiger partial charge is 0.302 e. The monoisotopic (exact) mass is 504 g/mol. The summed E-state index contributed by atoms with van der Waals surface area (Å²) in [6.07, 6.45) is 6.99. The molecule has 1 N–H and O–H groups in total. The number of carbonyl (C=O) groups excluding carboxylic acids is 1. The molecular formula is C29H44O7. The Morgan fingerprint density at radius 3 is 2.53 bits per heavy atom. The van der Waals surface area contributed by atoms with Crippen LogP contribution < -0.4 is 0 Å². The SMILES string of the molecule is CC(=O)O[C@H]1CC[C@@]2(C)C(CC[C@@H]3[C@@H]2C[C@@H]2OC4O[C@@]3(O)[C@@]2(C)[C@@H]2[C@H]4O[C@]3(CC[C@@H](C)CO3)[C@H]2C)C1. The summed E-state index contributed by atoms with van der Waals surface area (Å²) in [5, 5.41) is 12.6. The van der Waals surface area contributed by atoms with Crippen molar-refractivity contribution in [2.75, 3.05) is 6.61 Å². The second-order valence-corrected chi connectivity index (χ2v) is 14.0. The molecule has 1 spiro atoms. The average molecular weight is 505 g/mol. The molecule has 5 heterocycles. The molecule has 5 saturated heterocycles. The van der Waals surface area contributed by atoms with Gasteiger partial charge in [-0.3, -0.25) is 4.79 Å². The summed E-state index contributed by atoms with van der Waals surface area (Å²) in [5.74, 6) is -0.242. The lowest BCUT2D eigenvalue weighted by atomic mass is 9.41. The molecule has 4 bridgehead atoms. The van der Waals surface area contributed by atoms with Gasteiger partial charge in [-0.1, -0.05) is 27.7 Å². The van der Waals surface area contributed by atoms with E-state index >= 15 is 0 Å². The van der Waals surface area contributed by atoms with Crippen LogP contribution in [0.1, 0.15) is 86.0 Å². The van der Waals surface area contributed by atoms with Gasteiger partial charge in [0, 0.05) is 31.1 Å². The Labute approximate surface area is 214 Å². The lowest BCUT2D eigenvalue weighted by Crippen LogP contribution is -2.80. The van der Waals surface area contributed by atoms with Crippen molar-refractivity contribution in [2.45, 2.75) is 122 Å². The summed E-state index contributed by atoms with van der Waals surface area (Å²) in [4.78, 5) is 11.6. The molecule has 5 aliphatic heterocycles. The first-order valence-corrected chi connectivity index (χ1v) is 14.6. The highest BCUT2D eigenvalue weighted by Crippen LogP contribution is 2.73. The normalized spacial score (nSPS) is 61.3. The standard InChI is InChI=1S/C29H44O7/c1-15-8-11-28(32-14-15)16(2)23-24(35-28)25-34-22-13-21-20(29(31,36-25)27(22,23)5)7-6-18-12-19(33-17(3)30)9-10-26(18,21)4/h15-16,18-25,31H,6-14H2,1-5H3/t15-,16+,18?,19+,20-,21+,22+,23+,24-,25?,26+,27-,28-,29-/m1/s1. The fraction of sp³-hybridized carbons (Fsp3) is 0.966. The van der Waals surface area contributed by atoms with Crippen LogP contribution in [0.4, 0.5) is 0 Å². The highest BCUT2D eigenvalue weighted by molar-refractivity contribution is 5.66. The Hall–Kier alpha value is -0.730. The zero-order valence-corrected chi connectivity index (χ0v) is 22.5. The highest BCUT2D eigenvalue weighted by Gasteiger charge is 2.80. The molecule has 36 heavy (non-hydrogen) atoms. The van der Waals surface area contributed by atoms with E-state index in [1.807, 2.05) is 0 Å². The molecule has 202 valence electrons. The van der Waals surface area contributed by atoms with Gasteiger partial charge in [0.1, 0.15) is 12.2 Å². The first-order valence-electron chi connectivity index (χ1n) is 14.6. The molecule has 0 radical (unpaired) electrons. The van der Waals surface area contributed by atoms with Gasteiger partial charge < -0.3 is 28.8 Å². The Kier molecular flexibility index (Phi) is 5.19. The molecule has 3 saturated carbocycles. The van der Waals surface area contributed by atoms with Crippen LogP contribution in [-0.4, -0.2) is 53.9 Å². The van der Waals surface area contributed by atoms with Crippen LogP contribution in [0, 0.1) is 46.3 Å². The molecule has 8 aliphatic rings. The molecule has 2 unspecified atom stereocenters. The maximum Gasteiger partial charge on any atom is 0.302 e. The van der Waals surface area contributed by atoms with E-state index in [4.69, 9.17) is 23.7 Å². The van der Waals surface area contributed by atoms with Crippen LogP contribution in [-0.2, 0) is 28.5 Å². The minimum Gasteiger partial charge on any atom is -0.463 e. The van der Waals surface area contributed by atoms with Crippen molar-refractivity contribution in [1.82, 2.24) is 0 Å². The van der Waals surface area contributed by atoms with E-state index in [0.717, 1.165) is 58.0 Å². The van der Waals surface area contributed by atoms with Gasteiger partial charge in [-0.25, -0.2) is 0 Å². The van der Waals surface area contributed by atoms with Gasteiger partial charge in [-0.15, -0.1) is 0 Å². The van der Waals surface area contributed by atoms with E-state index in [2.05, 4.69) is 27.7 Å². The van der Waals surface area contributed by atoms with Crippen molar-refractivity contribution in [3.63, 3.8) is 0 Å². The number of hydrogen-bond acceptors (Lipinski definition) is 7. The summed E-state index contributed by atoms with van der Waals surface area (Å²) in [6.45, 7) is 11.4. The second-order valence-electron chi connectivity index (χ2n) is 14.0. The lowest BCUT2D eigenvalue weighted by Gasteiger charge is -2.72. The summed E-state index contributed by atoms with van der Waals surface area (Å²) in [5.41, 5.74) is -0.450. The third kappa shape index (κ3) is 2.90. The molecule has 8 rings (SSSR count). The van der Waals surface area contributed by atoms with Gasteiger partial charge in [-0.2, -0.15) is 0 Å². The molecule has 3 aliphatic carbocycles. The number of hydrogen-bond donors (Lipinski definition) is 1. The van der Waals surface area contributed by atoms with Crippen LogP contribution in [0.5, 0.6) is 0 Å². The van der Waals surface area contributed by atoms with Crippen molar-refractivity contribution < 1.29 is 33.6 Å². The van der Waals surface area contributed by atoms with Gasteiger partial charge in [-0.05, 0) is 68.1 Å². The predicted molar refractivity (Wildman–Crippen MR) is 129 cm³/mol. The molecule has 0 aromatic carbocycles. The Balaban J connectivity index is 1.20. The largest absolute Gasteiger partial charge is 0.463 e. The maximum atomic E-state index is 12.6. The molecule has 14 atom stereocenters. The van der Waals surface area contributed by atoms with E-state index < -0.39 is 23.3 Å². The topological polar surface area (TPSA) is 83.5 Å². The molecule has 7 nitrogen and oxygen atoms in total. The molecule has 0 amide bonds. The van der Waals surface area contributed by atoms with Crippen LogP contribution >= 0.6 is 0 Å². The van der Waals surface area contributed by atoms with E-state index in [0.29, 0.717) is 17.8 Å². The Bertz CT molecular complexity index is 931. The third-order valence-electron chi connectivity index (χ3n) is 12.5. The number of esters is 1. The zero-order chi connectivity index (χ0) is 25.3. The number of ether oxygens (including phenoxy) is 5. The first kappa shape index (κ1) is 24.3. The van der Waals surface area contributed by atoms with Crippen molar-refractivity contribution in [1.29, 1.82) is 0 Å². The first-order chi connectivity index (χ1) is 17.0. The lowest BCUT2D eigenvalue weighted by molar-refractivity contribution is -0.505. The molecule has 8 fully saturated rings. The van der Waals surface area contributed by atoms with Crippen LogP contribution in [0.15, 0.2) is 0 Å². The van der Waals surface area contributed by atoms with Crippen molar-refractivity contribution >= 4 is 5.97 Å². The van der Waals surface area contributed by atoms with Crippen LogP contribution in [0.3, 0.4) is 0 Å². The minimum atomic E-state index is -1.23. The quantitative estimate of drug-likeness (QED) is 0.530. The maximum absolute atomic E-state index is 12.6. The third-order valence-corrected chi connectivity index (χ3v) is 12.5. The van der Waals surface area contributed by atoms with E-state index in [1.54, 1.807) is 0 Å². The van der Waals surface area contributed by atoms with Crippen molar-refractivity contribution in [3.8, 4) is 0 Å². The van der Waals surface area contributed by atoms with Gasteiger partial charge in [0.25, 0.3) is 0 Å². The zero-order valence-electron chi connectivity index (χ0n) is 22.5. The summed E-state index contributed by atoms with van der Waals surface area (Å²) in [6, 6.07) is 0. The van der Waals surface area contributed by atoms with Crippen LogP contribution in [0.2, 0.25) is 0 Å². The second kappa shape index (κ2) is 7.68. The fourth-order valence-corrected chi connectivity index (χ4v) is 10.5. The van der Waals surface area contributed by atoms with Gasteiger partial charge in [0.05, 0.1) is 18.1 Å². The average Bonchev–Trinajstić information content (AvgIpc) is 3.11. The van der Waals surface area contributed by atoms with Gasteiger partial charge >= 0.3 is 5.97 Å². The Morgan fingerprint density at radius 2 is 1.81 bits per heavy atom. The van der Waals surface area contributed by atoms with Crippen molar-refractivity contribution in [3.05, 3.63) is 0 Å². The molecule has 0 aromatic rings. The highest BCUT2D eigenvalue weighted by atomic mass is 16.8. The number of aliphatic hydroxyl groups is 1. The number of fused-ring (bicyclic) bond motifs is 3. The summed E-state index contributed by atoms with van der Waals surface area (Å²) >= 11 is 0. The summed E-state index contributed by atoms with van der Waals surface area (Å²) < 4.78 is 32.1. The minimum absolute atomic E-state index is 0.0241. The molecular weight excluding hydrogens is 460 g/mol. The van der Waals surface area contributed by atoms with Gasteiger partial charge in [0.2, 0.25) is 0 Å². The summed E-state index contributed by atoms with van der Waals surface area (Å²) in [7, 11) is 0. The predicted octanol–water partition coefficient (Wildman–Crippen LogP) is 4.40. The number of carbonyl (C=O) groups is 1. The van der Waals surface area contributed by atoms with Crippen LogP contribution in [0.25, 0.3) is 0 Å². The van der Waals surface area contributed by atoms with E-state index in [1.165, 1.54) is 6.92 Å². The van der Waals surface area contributed by atoms with Gasteiger partial charge in [0.15, 0.2) is 17.9 Å². The van der Waals surface area contributed by atoms with E-state index in [9.17, 15) is 9.90 Å². The van der Waals surface area contributed by atoms with E-state index in [-0.39, 0.29) is 47.4 Å². The molecule has 0 aromatic heterocycles. The van der Waals surface area contributed by atoms with Crippen molar-refractivity contribution in [2.24, 2.45) is 46.3 Å². The number of rotatable bonds is 1.